The molecule has 0 aromatic carbocycles. The average molecular weight is 362 g/mol. The van der Waals surface area contributed by atoms with Gasteiger partial charge in [-0.15, -0.1) is 0 Å². The predicted octanol–water partition coefficient (Wildman–Crippen LogP) is -0.0425. The van der Waals surface area contributed by atoms with E-state index in [0.717, 1.165) is 25.9 Å². The Kier molecular flexibility index (Phi) is 14.9. The van der Waals surface area contributed by atoms with Crippen LogP contribution in [0, 0.1) is 0 Å². The lowest BCUT2D eigenvalue weighted by molar-refractivity contribution is -0.119. The Hall–Kier alpha value is -0.770. The van der Waals surface area contributed by atoms with Crippen molar-refractivity contribution < 1.29 is 28.5 Å². The van der Waals surface area contributed by atoms with Crippen molar-refractivity contribution in [2.24, 2.45) is 0 Å². The molecule has 0 aromatic rings. The Balaban J connectivity index is 1.67. The Labute approximate surface area is 150 Å². The van der Waals surface area contributed by atoms with E-state index in [9.17, 15) is 4.79 Å². The van der Waals surface area contributed by atoms with E-state index in [1.165, 1.54) is 6.92 Å². The molecule has 1 heterocycles. The lowest BCUT2D eigenvalue weighted by Gasteiger charge is -2.22. The van der Waals surface area contributed by atoms with Gasteiger partial charge in [0.05, 0.1) is 65.6 Å². The summed E-state index contributed by atoms with van der Waals surface area (Å²) in [6.07, 6.45) is 2.56. The SMILES string of the molecule is CC(=O)NCCOCCOCCOCCOCCOC1CCNCC1. The van der Waals surface area contributed by atoms with Crippen molar-refractivity contribution in [3.05, 3.63) is 0 Å². The van der Waals surface area contributed by atoms with Crippen LogP contribution in [0.25, 0.3) is 0 Å². The molecule has 0 bridgehead atoms. The summed E-state index contributed by atoms with van der Waals surface area (Å²) in [7, 11) is 0. The van der Waals surface area contributed by atoms with Crippen LogP contribution in [0.4, 0.5) is 0 Å². The molecule has 1 aliphatic heterocycles. The zero-order valence-electron chi connectivity index (χ0n) is 15.4. The van der Waals surface area contributed by atoms with E-state index in [0.29, 0.717) is 72.1 Å². The Bertz CT molecular complexity index is 314. The molecule has 8 nitrogen and oxygen atoms in total. The van der Waals surface area contributed by atoms with Crippen molar-refractivity contribution in [1.82, 2.24) is 10.6 Å². The maximum absolute atomic E-state index is 10.6. The smallest absolute Gasteiger partial charge is 0.216 e. The first-order valence-electron chi connectivity index (χ1n) is 9.17. The van der Waals surface area contributed by atoms with Gasteiger partial charge in [-0.05, 0) is 25.9 Å². The summed E-state index contributed by atoms with van der Waals surface area (Å²) < 4.78 is 27.3. The second-order valence-electron chi connectivity index (χ2n) is 5.75. The highest BCUT2D eigenvalue weighted by molar-refractivity contribution is 5.72. The molecule has 1 fully saturated rings. The maximum Gasteiger partial charge on any atom is 0.216 e. The van der Waals surface area contributed by atoms with Gasteiger partial charge in [-0.1, -0.05) is 0 Å². The summed E-state index contributed by atoms with van der Waals surface area (Å²) in [5, 5.41) is 5.97. The standard InChI is InChI=1S/C17H34N2O6/c1-16(20)19-6-7-21-8-9-22-10-11-23-12-13-24-14-15-25-17-2-4-18-5-3-17/h17-18H,2-15H2,1H3,(H,19,20). The summed E-state index contributed by atoms with van der Waals surface area (Å²) >= 11 is 0. The van der Waals surface area contributed by atoms with Crippen LogP contribution in [0.3, 0.4) is 0 Å². The molecule has 0 unspecified atom stereocenters. The second-order valence-corrected chi connectivity index (χ2v) is 5.75. The summed E-state index contributed by atoms with van der Waals surface area (Å²) in [5.41, 5.74) is 0. The van der Waals surface area contributed by atoms with Gasteiger partial charge < -0.3 is 34.3 Å². The van der Waals surface area contributed by atoms with Crippen LogP contribution in [0.15, 0.2) is 0 Å². The molecule has 25 heavy (non-hydrogen) atoms. The molecule has 1 aliphatic rings. The molecular formula is C17H34N2O6. The van der Waals surface area contributed by atoms with Gasteiger partial charge in [0.15, 0.2) is 0 Å². The lowest BCUT2D eigenvalue weighted by Crippen LogP contribution is -2.33. The normalized spacial score (nSPS) is 15.4. The van der Waals surface area contributed by atoms with Crippen LogP contribution in [0.1, 0.15) is 19.8 Å². The minimum absolute atomic E-state index is 0.0460. The van der Waals surface area contributed by atoms with E-state index in [2.05, 4.69) is 10.6 Å². The van der Waals surface area contributed by atoms with Crippen molar-refractivity contribution in [2.75, 3.05) is 79.1 Å². The lowest BCUT2D eigenvalue weighted by atomic mass is 10.1. The third kappa shape index (κ3) is 15.2. The highest BCUT2D eigenvalue weighted by Crippen LogP contribution is 2.06. The molecule has 8 heteroatoms. The number of nitrogens with one attached hydrogen (secondary N) is 2. The zero-order valence-corrected chi connectivity index (χ0v) is 15.4. The van der Waals surface area contributed by atoms with Crippen molar-refractivity contribution in [3.8, 4) is 0 Å². The largest absolute Gasteiger partial charge is 0.377 e. The third-order valence-electron chi connectivity index (χ3n) is 3.60. The van der Waals surface area contributed by atoms with Gasteiger partial charge in [0.25, 0.3) is 0 Å². The summed E-state index contributed by atoms with van der Waals surface area (Å²) in [6, 6.07) is 0. The Morgan fingerprint density at radius 2 is 1.32 bits per heavy atom. The minimum atomic E-state index is -0.0460. The fraction of sp³-hybridized carbons (Fsp3) is 0.941. The minimum Gasteiger partial charge on any atom is -0.377 e. The molecule has 0 spiro atoms. The maximum atomic E-state index is 10.6. The van der Waals surface area contributed by atoms with Gasteiger partial charge >= 0.3 is 0 Å². The molecular weight excluding hydrogens is 328 g/mol. The van der Waals surface area contributed by atoms with E-state index >= 15 is 0 Å². The highest BCUT2D eigenvalue weighted by atomic mass is 16.6. The van der Waals surface area contributed by atoms with E-state index in [-0.39, 0.29) is 5.91 Å². The van der Waals surface area contributed by atoms with Crippen molar-refractivity contribution in [3.63, 3.8) is 0 Å². The molecule has 0 radical (unpaired) electrons. The monoisotopic (exact) mass is 362 g/mol. The molecule has 1 amide bonds. The molecule has 0 saturated carbocycles. The number of ether oxygens (including phenoxy) is 5. The van der Waals surface area contributed by atoms with Crippen LogP contribution in [0.5, 0.6) is 0 Å². The number of piperidine rings is 1. The van der Waals surface area contributed by atoms with E-state index in [1.807, 2.05) is 0 Å². The highest BCUT2D eigenvalue weighted by Gasteiger charge is 2.12. The molecule has 2 N–H and O–H groups in total. The third-order valence-corrected chi connectivity index (χ3v) is 3.60. The fourth-order valence-corrected chi connectivity index (χ4v) is 2.30. The number of rotatable bonds is 16. The van der Waals surface area contributed by atoms with Crippen LogP contribution in [-0.4, -0.2) is 91.1 Å². The summed E-state index contributed by atoms with van der Waals surface area (Å²) in [4.78, 5) is 10.6. The number of hydrogen-bond acceptors (Lipinski definition) is 7. The Morgan fingerprint density at radius 1 is 0.840 bits per heavy atom. The molecule has 0 aliphatic carbocycles. The van der Waals surface area contributed by atoms with Crippen molar-refractivity contribution in [1.29, 1.82) is 0 Å². The molecule has 148 valence electrons. The fourth-order valence-electron chi connectivity index (χ4n) is 2.30. The summed E-state index contributed by atoms with van der Waals surface area (Å²) in [5.74, 6) is -0.0460. The molecule has 1 saturated heterocycles. The van der Waals surface area contributed by atoms with E-state index in [4.69, 9.17) is 23.7 Å². The van der Waals surface area contributed by atoms with Crippen LogP contribution in [0.2, 0.25) is 0 Å². The van der Waals surface area contributed by atoms with Gasteiger partial charge in [-0.25, -0.2) is 0 Å². The first-order valence-corrected chi connectivity index (χ1v) is 9.17. The zero-order chi connectivity index (χ0) is 18.0. The first-order chi connectivity index (χ1) is 12.3. The number of carbonyl (C=O) groups is 1. The van der Waals surface area contributed by atoms with Gasteiger partial charge in [0.1, 0.15) is 0 Å². The second kappa shape index (κ2) is 16.7. The van der Waals surface area contributed by atoms with Gasteiger partial charge in [0.2, 0.25) is 5.91 Å². The quantitative estimate of drug-likeness (QED) is 0.373. The van der Waals surface area contributed by atoms with Crippen LogP contribution < -0.4 is 10.6 Å². The summed E-state index contributed by atoms with van der Waals surface area (Å²) in [6.45, 7) is 9.11. The number of amides is 1. The number of carbonyl (C=O) groups excluding carboxylic acids is 1. The van der Waals surface area contributed by atoms with Crippen molar-refractivity contribution in [2.45, 2.75) is 25.9 Å². The number of hydrogen-bond donors (Lipinski definition) is 2. The van der Waals surface area contributed by atoms with E-state index < -0.39 is 0 Å². The van der Waals surface area contributed by atoms with Gasteiger partial charge in [-0.3, -0.25) is 4.79 Å². The molecule has 1 rings (SSSR count). The predicted molar refractivity (Wildman–Crippen MR) is 93.8 cm³/mol. The van der Waals surface area contributed by atoms with E-state index in [1.54, 1.807) is 0 Å². The average Bonchev–Trinajstić information content (AvgIpc) is 2.62. The van der Waals surface area contributed by atoms with Gasteiger partial charge in [0, 0.05) is 13.5 Å². The Morgan fingerprint density at radius 3 is 1.84 bits per heavy atom. The van der Waals surface area contributed by atoms with Crippen LogP contribution in [-0.2, 0) is 28.5 Å². The van der Waals surface area contributed by atoms with Gasteiger partial charge in [-0.2, -0.15) is 0 Å². The molecule has 0 aromatic heterocycles. The van der Waals surface area contributed by atoms with Crippen molar-refractivity contribution >= 4 is 5.91 Å². The topological polar surface area (TPSA) is 87.3 Å². The first kappa shape index (κ1) is 22.3. The molecule has 0 atom stereocenters. The van der Waals surface area contributed by atoms with Crippen LogP contribution >= 0.6 is 0 Å².